The van der Waals surface area contributed by atoms with Crippen molar-refractivity contribution in [3.8, 4) is 0 Å². The molecule has 1 unspecified atom stereocenters. The van der Waals surface area contributed by atoms with E-state index in [9.17, 15) is 14.7 Å². The molecule has 1 atom stereocenters. The fourth-order valence-corrected chi connectivity index (χ4v) is 3.95. The highest BCUT2D eigenvalue weighted by Gasteiger charge is 2.16. The Morgan fingerprint density at radius 2 is 0.897 bits per heavy atom. The Kier molecular flexibility index (Phi) is 19.5. The van der Waals surface area contributed by atoms with Gasteiger partial charge in [0, 0.05) is 6.42 Å². The van der Waals surface area contributed by atoms with E-state index in [1.165, 1.54) is 51.4 Å². The third kappa shape index (κ3) is 21.5. The summed E-state index contributed by atoms with van der Waals surface area (Å²) >= 11 is 0. The SMILES string of the molecule is CC(C)CCCCCCCCCCC(CCCCCCCCCC(=O)O)C(=O)O. The third-order valence-electron chi connectivity index (χ3n) is 5.88. The van der Waals surface area contributed by atoms with Crippen molar-refractivity contribution in [2.75, 3.05) is 0 Å². The monoisotopic (exact) mass is 412 g/mol. The number of aliphatic carboxylic acids is 2. The second kappa shape index (κ2) is 20.2. The molecule has 4 heteroatoms. The number of hydrogen-bond donors (Lipinski definition) is 2. The Morgan fingerprint density at radius 3 is 1.24 bits per heavy atom. The van der Waals surface area contributed by atoms with Crippen molar-refractivity contribution in [2.24, 2.45) is 11.8 Å². The molecule has 0 aromatic carbocycles. The second-order valence-electron chi connectivity index (χ2n) is 9.24. The summed E-state index contributed by atoms with van der Waals surface area (Å²) in [6.07, 6.45) is 20.7. The molecule has 4 nitrogen and oxygen atoms in total. The molecular formula is C25H48O4. The molecule has 0 aliphatic carbocycles. The van der Waals surface area contributed by atoms with Crippen LogP contribution in [0.2, 0.25) is 0 Å². The highest BCUT2D eigenvalue weighted by atomic mass is 16.4. The van der Waals surface area contributed by atoms with Crippen molar-refractivity contribution in [3.63, 3.8) is 0 Å². The van der Waals surface area contributed by atoms with E-state index in [4.69, 9.17) is 5.11 Å². The first-order valence-corrected chi connectivity index (χ1v) is 12.4. The summed E-state index contributed by atoms with van der Waals surface area (Å²) < 4.78 is 0. The molecule has 0 aromatic rings. The Labute approximate surface area is 179 Å². The van der Waals surface area contributed by atoms with Crippen molar-refractivity contribution in [2.45, 2.75) is 136 Å². The minimum atomic E-state index is -0.707. The summed E-state index contributed by atoms with van der Waals surface area (Å²) in [6.45, 7) is 4.58. The van der Waals surface area contributed by atoms with Crippen molar-refractivity contribution in [1.82, 2.24) is 0 Å². The summed E-state index contributed by atoms with van der Waals surface area (Å²) in [5.74, 6) is -0.667. The van der Waals surface area contributed by atoms with Gasteiger partial charge in [0.1, 0.15) is 0 Å². The fraction of sp³-hybridized carbons (Fsp3) is 0.920. The minimum absolute atomic E-state index is 0.165. The van der Waals surface area contributed by atoms with E-state index < -0.39 is 11.9 Å². The second-order valence-corrected chi connectivity index (χ2v) is 9.24. The smallest absolute Gasteiger partial charge is 0.306 e. The van der Waals surface area contributed by atoms with Crippen LogP contribution in [-0.2, 0) is 9.59 Å². The highest BCUT2D eigenvalue weighted by molar-refractivity contribution is 5.69. The normalized spacial score (nSPS) is 12.4. The van der Waals surface area contributed by atoms with Crippen LogP contribution >= 0.6 is 0 Å². The average Bonchev–Trinajstić information content (AvgIpc) is 2.65. The maximum Gasteiger partial charge on any atom is 0.306 e. The van der Waals surface area contributed by atoms with Crippen LogP contribution in [0, 0.1) is 11.8 Å². The molecule has 0 aromatic heterocycles. The Morgan fingerprint density at radius 1 is 0.552 bits per heavy atom. The van der Waals surface area contributed by atoms with Gasteiger partial charge in [0.05, 0.1) is 5.92 Å². The van der Waals surface area contributed by atoms with Gasteiger partial charge in [-0.15, -0.1) is 0 Å². The maximum atomic E-state index is 11.5. The first kappa shape index (κ1) is 27.9. The van der Waals surface area contributed by atoms with Gasteiger partial charge in [-0.3, -0.25) is 9.59 Å². The molecule has 0 saturated heterocycles. The van der Waals surface area contributed by atoms with Gasteiger partial charge in [-0.05, 0) is 25.2 Å². The number of carboxylic acid groups (broad SMARTS) is 2. The molecule has 0 fully saturated rings. The van der Waals surface area contributed by atoms with Gasteiger partial charge in [-0.25, -0.2) is 0 Å². The molecule has 0 bridgehead atoms. The van der Waals surface area contributed by atoms with E-state index in [-0.39, 0.29) is 12.3 Å². The van der Waals surface area contributed by atoms with Gasteiger partial charge in [0.15, 0.2) is 0 Å². The summed E-state index contributed by atoms with van der Waals surface area (Å²) in [7, 11) is 0. The van der Waals surface area contributed by atoms with Crippen LogP contribution in [0.1, 0.15) is 136 Å². The van der Waals surface area contributed by atoms with Gasteiger partial charge in [-0.1, -0.05) is 110 Å². The van der Waals surface area contributed by atoms with Crippen LogP contribution in [0.25, 0.3) is 0 Å². The molecule has 2 N–H and O–H groups in total. The number of carboxylic acids is 2. The summed E-state index contributed by atoms with van der Waals surface area (Å²) in [6, 6.07) is 0. The van der Waals surface area contributed by atoms with Gasteiger partial charge in [0.25, 0.3) is 0 Å². The predicted molar refractivity (Wildman–Crippen MR) is 121 cm³/mol. The number of carbonyl (C=O) groups is 2. The lowest BCUT2D eigenvalue weighted by Crippen LogP contribution is -2.13. The molecule has 0 aliphatic heterocycles. The van der Waals surface area contributed by atoms with Crippen molar-refractivity contribution >= 4 is 11.9 Å². The topological polar surface area (TPSA) is 74.6 Å². The zero-order valence-electron chi connectivity index (χ0n) is 19.3. The van der Waals surface area contributed by atoms with Gasteiger partial charge in [-0.2, -0.15) is 0 Å². The number of rotatable bonds is 22. The average molecular weight is 413 g/mol. The highest BCUT2D eigenvalue weighted by Crippen LogP contribution is 2.20. The maximum absolute atomic E-state index is 11.5. The van der Waals surface area contributed by atoms with Crippen molar-refractivity contribution < 1.29 is 19.8 Å². The molecule has 0 spiro atoms. The van der Waals surface area contributed by atoms with Crippen LogP contribution in [0.4, 0.5) is 0 Å². The summed E-state index contributed by atoms with van der Waals surface area (Å²) in [5.41, 5.74) is 0. The van der Waals surface area contributed by atoms with E-state index in [1.807, 2.05) is 0 Å². The van der Waals surface area contributed by atoms with E-state index >= 15 is 0 Å². The summed E-state index contributed by atoms with van der Waals surface area (Å²) in [5, 5.41) is 18.0. The molecule has 29 heavy (non-hydrogen) atoms. The molecular weight excluding hydrogens is 364 g/mol. The van der Waals surface area contributed by atoms with E-state index in [1.54, 1.807) is 0 Å². The summed E-state index contributed by atoms with van der Waals surface area (Å²) in [4.78, 5) is 21.9. The van der Waals surface area contributed by atoms with E-state index in [0.29, 0.717) is 0 Å². The molecule has 172 valence electrons. The zero-order valence-corrected chi connectivity index (χ0v) is 19.3. The minimum Gasteiger partial charge on any atom is -0.481 e. The number of hydrogen-bond acceptors (Lipinski definition) is 2. The van der Waals surface area contributed by atoms with Crippen LogP contribution in [0.15, 0.2) is 0 Å². The molecule has 0 radical (unpaired) electrons. The largest absolute Gasteiger partial charge is 0.481 e. The van der Waals surface area contributed by atoms with E-state index in [2.05, 4.69) is 13.8 Å². The molecule has 0 amide bonds. The molecule has 0 rings (SSSR count). The first-order valence-electron chi connectivity index (χ1n) is 12.4. The van der Waals surface area contributed by atoms with Crippen LogP contribution < -0.4 is 0 Å². The third-order valence-corrected chi connectivity index (χ3v) is 5.88. The van der Waals surface area contributed by atoms with Gasteiger partial charge >= 0.3 is 11.9 Å². The molecule has 0 aliphatic rings. The quantitative estimate of drug-likeness (QED) is 0.178. The van der Waals surface area contributed by atoms with Gasteiger partial charge < -0.3 is 10.2 Å². The lowest BCUT2D eigenvalue weighted by molar-refractivity contribution is -0.142. The van der Waals surface area contributed by atoms with Crippen LogP contribution in [-0.4, -0.2) is 22.2 Å². The van der Waals surface area contributed by atoms with Crippen molar-refractivity contribution in [1.29, 1.82) is 0 Å². The number of unbranched alkanes of at least 4 members (excludes halogenated alkanes) is 13. The fourth-order valence-electron chi connectivity index (χ4n) is 3.95. The van der Waals surface area contributed by atoms with Crippen LogP contribution in [0.3, 0.4) is 0 Å². The molecule has 0 saturated carbocycles. The zero-order chi connectivity index (χ0) is 21.7. The lowest BCUT2D eigenvalue weighted by atomic mass is 9.94. The first-order chi connectivity index (χ1) is 13.9. The predicted octanol–water partition coefficient (Wildman–Crippen LogP) is 7.84. The standard InChI is InChI=1S/C25H48O4/c1-22(2)18-14-10-6-3-4-7-11-15-19-23(25(28)29)20-16-12-8-5-9-13-17-21-24(26)27/h22-23H,3-21H2,1-2H3,(H,26,27)(H,28,29). The van der Waals surface area contributed by atoms with Crippen LogP contribution in [0.5, 0.6) is 0 Å². The molecule has 0 heterocycles. The lowest BCUT2D eigenvalue weighted by Gasteiger charge is -2.12. The van der Waals surface area contributed by atoms with Crippen molar-refractivity contribution in [3.05, 3.63) is 0 Å². The Hall–Kier alpha value is -1.06. The van der Waals surface area contributed by atoms with E-state index in [0.717, 1.165) is 70.1 Å². The Balaban J connectivity index is 3.49. The van der Waals surface area contributed by atoms with Gasteiger partial charge in [0.2, 0.25) is 0 Å². The Bertz CT molecular complexity index is 392.